The van der Waals surface area contributed by atoms with Crippen LogP contribution in [0.3, 0.4) is 0 Å². The Kier molecular flexibility index (Phi) is 5.29. The van der Waals surface area contributed by atoms with Crippen LogP contribution in [0.5, 0.6) is 0 Å². The molecule has 0 fully saturated rings. The minimum atomic E-state index is -2.82. The van der Waals surface area contributed by atoms with Crippen LogP contribution in [0.1, 0.15) is 29.4 Å². The van der Waals surface area contributed by atoms with Crippen molar-refractivity contribution in [2.75, 3.05) is 6.54 Å². The molecule has 13 heteroatoms. The summed E-state index contributed by atoms with van der Waals surface area (Å²) in [4.78, 5) is 13.9. The number of halogens is 2. The number of H-pyrrole nitrogens is 1. The van der Waals surface area contributed by atoms with E-state index in [2.05, 4.69) is 40.9 Å². The fourth-order valence-corrected chi connectivity index (χ4v) is 3.82. The van der Waals surface area contributed by atoms with Crippen molar-refractivity contribution in [3.8, 4) is 34.2 Å². The summed E-state index contributed by atoms with van der Waals surface area (Å²) in [5.74, 6) is 0.552. The van der Waals surface area contributed by atoms with Crippen LogP contribution in [-0.4, -0.2) is 51.9 Å². The summed E-state index contributed by atoms with van der Waals surface area (Å²) < 4.78 is 30.2. The molecule has 0 unspecified atom stereocenters. The molecule has 6 rings (SSSR count). The average Bonchev–Trinajstić information content (AvgIpc) is 3.64. The lowest BCUT2D eigenvalue weighted by Crippen LogP contribution is -2.23. The SMILES string of the molecule is FC(F)c1nnc(-c2ccc(Cn3nnc(-c4cccc(-c5nc6c([nH]5)CNCC6)c4)n3)nc2)o1. The van der Waals surface area contributed by atoms with Gasteiger partial charge in [-0.3, -0.25) is 4.98 Å². The van der Waals surface area contributed by atoms with Crippen LogP contribution < -0.4 is 5.32 Å². The number of aromatic amines is 1. The Hall–Kier alpha value is -4.39. The molecule has 5 aromatic rings. The van der Waals surface area contributed by atoms with Crippen LogP contribution in [0.4, 0.5) is 8.78 Å². The van der Waals surface area contributed by atoms with Crippen LogP contribution in [0.15, 0.2) is 47.0 Å². The third-order valence-corrected chi connectivity index (χ3v) is 5.55. The molecule has 11 nitrogen and oxygen atoms in total. The van der Waals surface area contributed by atoms with E-state index in [-0.39, 0.29) is 12.4 Å². The third kappa shape index (κ3) is 4.28. The molecule has 0 saturated carbocycles. The molecule has 0 amide bonds. The second-order valence-corrected chi connectivity index (χ2v) is 7.95. The number of nitrogens with one attached hydrogen (secondary N) is 2. The smallest absolute Gasteiger partial charge is 0.314 e. The van der Waals surface area contributed by atoms with Gasteiger partial charge in [0.2, 0.25) is 11.7 Å². The van der Waals surface area contributed by atoms with E-state index in [1.807, 2.05) is 24.3 Å². The number of aromatic nitrogens is 9. The van der Waals surface area contributed by atoms with Gasteiger partial charge in [-0.05, 0) is 23.4 Å². The van der Waals surface area contributed by atoms with Gasteiger partial charge in [-0.15, -0.1) is 20.4 Å². The first-order valence-corrected chi connectivity index (χ1v) is 10.9. The first kappa shape index (κ1) is 21.2. The molecular formula is C22H18F2N10O. The van der Waals surface area contributed by atoms with Crippen molar-refractivity contribution in [1.29, 1.82) is 0 Å². The summed E-state index contributed by atoms with van der Waals surface area (Å²) in [6.45, 7) is 1.99. The van der Waals surface area contributed by atoms with E-state index in [0.29, 0.717) is 17.1 Å². The second-order valence-electron chi connectivity index (χ2n) is 7.95. The van der Waals surface area contributed by atoms with E-state index in [9.17, 15) is 8.78 Å². The summed E-state index contributed by atoms with van der Waals surface area (Å²) >= 11 is 0. The van der Waals surface area contributed by atoms with Crippen LogP contribution in [0.25, 0.3) is 34.2 Å². The fourth-order valence-electron chi connectivity index (χ4n) is 3.82. The molecule has 0 atom stereocenters. The normalized spacial score (nSPS) is 13.3. The number of fused-ring (bicyclic) bond motifs is 1. The van der Waals surface area contributed by atoms with Crippen molar-refractivity contribution >= 4 is 0 Å². The highest BCUT2D eigenvalue weighted by atomic mass is 19.3. The molecule has 1 aliphatic rings. The number of imidazole rings is 1. The number of hydrogen-bond acceptors (Lipinski definition) is 9. The quantitative estimate of drug-likeness (QED) is 0.379. The predicted octanol–water partition coefficient (Wildman–Crippen LogP) is 2.81. The van der Waals surface area contributed by atoms with Crippen LogP contribution >= 0.6 is 0 Å². The monoisotopic (exact) mass is 476 g/mol. The highest BCUT2D eigenvalue weighted by Gasteiger charge is 2.18. The number of tetrazole rings is 1. The van der Waals surface area contributed by atoms with Crippen LogP contribution in [-0.2, 0) is 19.5 Å². The molecule has 0 bridgehead atoms. The van der Waals surface area contributed by atoms with E-state index in [1.165, 1.54) is 11.0 Å². The summed E-state index contributed by atoms with van der Waals surface area (Å²) in [6.07, 6.45) is -0.446. The lowest BCUT2D eigenvalue weighted by atomic mass is 10.1. The zero-order chi connectivity index (χ0) is 23.8. The van der Waals surface area contributed by atoms with Crippen molar-refractivity contribution in [2.45, 2.75) is 25.9 Å². The van der Waals surface area contributed by atoms with Crippen molar-refractivity contribution in [1.82, 2.24) is 50.7 Å². The second kappa shape index (κ2) is 8.76. The van der Waals surface area contributed by atoms with Crippen molar-refractivity contribution in [3.63, 3.8) is 0 Å². The number of nitrogens with zero attached hydrogens (tertiary/aromatic N) is 8. The number of benzene rings is 1. The summed E-state index contributed by atoms with van der Waals surface area (Å²) in [5.41, 5.74) is 5.06. The first-order valence-electron chi connectivity index (χ1n) is 10.9. The van der Waals surface area contributed by atoms with E-state index in [1.54, 1.807) is 12.1 Å². The number of hydrogen-bond donors (Lipinski definition) is 2. The molecule has 0 saturated heterocycles. The van der Waals surface area contributed by atoms with Gasteiger partial charge in [0.05, 0.1) is 22.6 Å². The maximum absolute atomic E-state index is 12.6. The van der Waals surface area contributed by atoms with E-state index in [0.717, 1.165) is 47.8 Å². The Balaban J connectivity index is 1.18. The molecule has 35 heavy (non-hydrogen) atoms. The maximum atomic E-state index is 12.6. The van der Waals surface area contributed by atoms with Crippen molar-refractivity contribution in [2.24, 2.45) is 0 Å². The van der Waals surface area contributed by atoms with Gasteiger partial charge in [0, 0.05) is 36.8 Å². The summed E-state index contributed by atoms with van der Waals surface area (Å²) in [5, 5.41) is 23.0. The van der Waals surface area contributed by atoms with Gasteiger partial charge < -0.3 is 14.7 Å². The van der Waals surface area contributed by atoms with Gasteiger partial charge in [-0.1, -0.05) is 18.2 Å². The summed E-state index contributed by atoms with van der Waals surface area (Å²) in [7, 11) is 0. The number of alkyl halides is 2. The molecule has 0 radical (unpaired) electrons. The Morgan fingerprint density at radius 2 is 1.97 bits per heavy atom. The third-order valence-electron chi connectivity index (χ3n) is 5.55. The van der Waals surface area contributed by atoms with E-state index in [4.69, 9.17) is 9.40 Å². The molecule has 2 N–H and O–H groups in total. The molecule has 5 heterocycles. The minimum absolute atomic E-state index is 0.0194. The van der Waals surface area contributed by atoms with Gasteiger partial charge >= 0.3 is 6.43 Å². The van der Waals surface area contributed by atoms with Crippen LogP contribution in [0, 0.1) is 0 Å². The summed E-state index contributed by atoms with van der Waals surface area (Å²) in [6, 6.07) is 11.2. The van der Waals surface area contributed by atoms with Gasteiger partial charge in [-0.2, -0.15) is 13.6 Å². The lowest BCUT2D eigenvalue weighted by molar-refractivity contribution is 0.116. The lowest BCUT2D eigenvalue weighted by Gasteiger charge is -2.09. The molecule has 1 aliphatic heterocycles. The molecule has 4 aromatic heterocycles. The fraction of sp³-hybridized carbons (Fsp3) is 0.227. The van der Waals surface area contributed by atoms with Crippen molar-refractivity contribution < 1.29 is 13.2 Å². The molecule has 1 aromatic carbocycles. The zero-order valence-electron chi connectivity index (χ0n) is 18.2. The van der Waals surface area contributed by atoms with Crippen molar-refractivity contribution in [3.05, 3.63) is 65.6 Å². The Bertz CT molecular complexity index is 1450. The standard InChI is InChI=1S/C22H18F2N10O/c23-18(24)22-31-30-21(35-22)14-4-5-15(26-9-14)11-34-32-20(29-33-34)13-3-1-2-12(8-13)19-27-16-6-7-25-10-17(16)28-19/h1-5,8-9,18,25H,6-7,10-11H2,(H,27,28). The molecule has 176 valence electrons. The Morgan fingerprint density at radius 1 is 1.06 bits per heavy atom. The highest BCUT2D eigenvalue weighted by molar-refractivity contribution is 5.66. The number of pyridine rings is 1. The number of rotatable bonds is 6. The van der Waals surface area contributed by atoms with Gasteiger partial charge in [-0.25, -0.2) is 4.98 Å². The Labute approximate surface area is 196 Å². The van der Waals surface area contributed by atoms with Gasteiger partial charge in [0.1, 0.15) is 12.4 Å². The van der Waals surface area contributed by atoms with Gasteiger partial charge in [0.15, 0.2) is 0 Å². The zero-order valence-corrected chi connectivity index (χ0v) is 18.2. The molecule has 0 spiro atoms. The first-order chi connectivity index (χ1) is 17.1. The highest BCUT2D eigenvalue weighted by Crippen LogP contribution is 2.25. The van der Waals surface area contributed by atoms with E-state index < -0.39 is 12.3 Å². The van der Waals surface area contributed by atoms with Gasteiger partial charge in [0.25, 0.3) is 5.89 Å². The van der Waals surface area contributed by atoms with Crippen LogP contribution in [0.2, 0.25) is 0 Å². The predicted molar refractivity (Wildman–Crippen MR) is 118 cm³/mol. The van der Waals surface area contributed by atoms with E-state index >= 15 is 0 Å². The minimum Gasteiger partial charge on any atom is -0.415 e. The maximum Gasteiger partial charge on any atom is 0.314 e. The molecular weight excluding hydrogens is 458 g/mol. The Morgan fingerprint density at radius 3 is 2.77 bits per heavy atom. The topological polar surface area (TPSA) is 136 Å². The largest absolute Gasteiger partial charge is 0.415 e. The molecule has 0 aliphatic carbocycles. The average molecular weight is 476 g/mol.